The van der Waals surface area contributed by atoms with Crippen LogP contribution in [0.3, 0.4) is 0 Å². The summed E-state index contributed by atoms with van der Waals surface area (Å²) in [6.07, 6.45) is 1.97. The van der Waals surface area contributed by atoms with Crippen LogP contribution in [0.1, 0.15) is 213 Å². The summed E-state index contributed by atoms with van der Waals surface area (Å²) in [4.78, 5) is 26.9. The molecule has 0 spiro atoms. The third-order valence-electron chi connectivity index (χ3n) is 27.6. The van der Waals surface area contributed by atoms with Crippen LogP contribution < -0.4 is 32.2 Å². The minimum absolute atomic E-state index is 0. The summed E-state index contributed by atoms with van der Waals surface area (Å²) in [5, 5.41) is 34.7. The topological polar surface area (TPSA) is 469 Å². The van der Waals surface area contributed by atoms with Crippen molar-refractivity contribution in [3.05, 3.63) is 235 Å². The Morgan fingerprint density at radius 1 is 0.456 bits per heavy atom. The molecule has 1 aromatic heterocycles. The standard InChI is InChI=1S/C22H25F2N3O4S.C18H23BrFNO3S.C18H24FNO4S.C18H26FNO4S.C17H23FN2O3S.2CH4.O2.H2O/c1-20(2)11-17-22(12-30-20,27-19(25)21(3,4)32(17,28)29)14-10-13(7-8-15(14)23)31-18-16(24)6-5-9-26-18;1-11-17(4,5)25(22,23)15-9-16(2,3)24-10-18(15,21-11)13-8-12(19)6-7-14(13)20;1-11-17(4,5)25(22,23)15-9-16(2,3)24-10-18(15,20-11)13-8-12(21)6-7-14(13)19;1-12-17(4,5)25(23,24)15(10-16(2,3)22)18(11-21,20-12)13-8-6-7-9-14(13)19;1-15(2)9-13-17(10-23-15,11-7-5-6-8-12(11)18)20-14(19)16(3,4)24(13,21)22;;;1-2;/h5-10,17H,11-12H2,1-4H3,(H2,25,27);6-8,15,21H,1,9-10H2,2-5H3;6-8,15,20-21H,1,9-10H2,2-5H3;6-9,15,20-22H,1,10-11H2,2-5H3;5-8,13H,9-10H2,1-4H3,(H2,19,20);2*1H4;;1H2/t17-,22-;3*15-,18-;13-,17-;;;;/m11111..../s1. The van der Waals surface area contributed by atoms with Gasteiger partial charge < -0.3 is 71.9 Å². The molecule has 10 heterocycles. The highest BCUT2D eigenvalue weighted by atomic mass is 79.9. The first-order valence-electron chi connectivity index (χ1n) is 42.6. The van der Waals surface area contributed by atoms with E-state index in [0.717, 1.165) is 12.1 Å². The zero-order valence-electron chi connectivity index (χ0n) is 78.6. The van der Waals surface area contributed by atoms with Crippen molar-refractivity contribution in [2.75, 3.05) is 33.0 Å². The van der Waals surface area contributed by atoms with Gasteiger partial charge in [0.1, 0.15) is 104 Å². The van der Waals surface area contributed by atoms with Gasteiger partial charge in [-0.15, -0.1) is 0 Å². The highest BCUT2D eigenvalue weighted by Crippen LogP contribution is 2.57. The molecular formula is C95H131BrF6N8O21S5. The molecule has 9 aliphatic heterocycles. The van der Waals surface area contributed by atoms with Gasteiger partial charge in [0.05, 0.1) is 87.3 Å². The number of sulfone groups is 5. The largest absolute Gasteiger partial charge is 0.508 e. The van der Waals surface area contributed by atoms with Gasteiger partial charge in [0.25, 0.3) is 5.88 Å². The van der Waals surface area contributed by atoms with Crippen molar-refractivity contribution in [2.45, 2.75) is 291 Å². The molecule has 0 radical (unpaired) electrons. The van der Waals surface area contributed by atoms with Crippen LogP contribution in [0.25, 0.3) is 0 Å². The zero-order valence-corrected chi connectivity index (χ0v) is 84.3. The van der Waals surface area contributed by atoms with Crippen LogP contribution in [0.15, 0.2) is 173 Å². The minimum atomic E-state index is -3.92. The maximum Gasteiger partial charge on any atom is 0.255 e. The number of nitrogens with one attached hydrogen (secondary N) is 3. The number of fused-ring (bicyclic) bond motifs is 4. The molecule has 10 atom stereocenters. The number of benzene rings is 5. The fourth-order valence-electron chi connectivity index (χ4n) is 18.4. The summed E-state index contributed by atoms with van der Waals surface area (Å²) < 4.78 is 245. The normalized spacial score (nSPS) is 29.7. The van der Waals surface area contributed by atoms with E-state index in [2.05, 4.69) is 66.6 Å². The molecule has 7 fully saturated rings. The second kappa shape index (κ2) is 38.5. The molecule has 0 aliphatic carbocycles. The number of rotatable bonds is 10. The van der Waals surface area contributed by atoms with Gasteiger partial charge in [-0.25, -0.2) is 73.4 Å². The fourth-order valence-corrected chi connectivity index (χ4v) is 31.1. The lowest BCUT2D eigenvalue weighted by molar-refractivity contribution is -0.0950. The molecule has 0 unspecified atom stereocenters. The van der Waals surface area contributed by atoms with E-state index in [1.807, 2.05) is 41.5 Å². The van der Waals surface area contributed by atoms with Crippen molar-refractivity contribution in [1.82, 2.24) is 20.9 Å². The number of aliphatic hydroxyl groups excluding tert-OH is 1. The van der Waals surface area contributed by atoms with Gasteiger partial charge in [-0.05, 0) is 249 Å². The van der Waals surface area contributed by atoms with E-state index in [-0.39, 0.29) is 147 Å². The van der Waals surface area contributed by atoms with E-state index in [1.165, 1.54) is 114 Å². The number of aliphatic hydroxyl groups is 2. The molecular weight excluding hydrogens is 1940 g/mol. The Balaban J connectivity index is 0.000000230. The summed E-state index contributed by atoms with van der Waals surface area (Å²) in [6.45, 7) is 43.9. The number of nitrogens with two attached hydrogens (primary N) is 2. The van der Waals surface area contributed by atoms with Crippen molar-refractivity contribution in [2.24, 2.45) is 21.5 Å². The highest BCUT2D eigenvalue weighted by Gasteiger charge is 2.69. The summed E-state index contributed by atoms with van der Waals surface area (Å²) in [6, 6.07) is 26.3. The van der Waals surface area contributed by atoms with Gasteiger partial charge in [0.15, 0.2) is 55.0 Å². The van der Waals surface area contributed by atoms with Crippen molar-refractivity contribution in [3.8, 4) is 17.4 Å². The average molecular weight is 2080 g/mol. The molecule has 756 valence electrons. The molecule has 0 amide bonds. The molecule has 41 heteroatoms. The Hall–Kier alpha value is -8.46. The Morgan fingerprint density at radius 3 is 1.22 bits per heavy atom. The summed E-state index contributed by atoms with van der Waals surface area (Å²) in [7, 11) is -18.9. The number of amidine groups is 2. The Bertz CT molecular complexity index is 6120. The number of phenolic OH excluding ortho intramolecular Hbond substituents is 1. The predicted octanol–water partition coefficient (Wildman–Crippen LogP) is 14.3. The molecule has 12 N–H and O–H groups in total. The molecule has 15 rings (SSSR count). The third-order valence-corrected chi connectivity index (χ3v) is 42.9. The van der Waals surface area contributed by atoms with Gasteiger partial charge in [0, 0.05) is 65.5 Å². The lowest BCUT2D eigenvalue weighted by Crippen LogP contribution is -2.71. The molecule has 29 nitrogen and oxygen atoms in total. The molecule has 9 aliphatic rings. The van der Waals surface area contributed by atoms with E-state index < -0.39 is 196 Å². The van der Waals surface area contributed by atoms with E-state index >= 15 is 4.39 Å². The summed E-state index contributed by atoms with van der Waals surface area (Å²) >= 11 is 3.36. The number of aromatic nitrogens is 1. The van der Waals surface area contributed by atoms with E-state index in [1.54, 1.807) is 91.8 Å². The summed E-state index contributed by atoms with van der Waals surface area (Å²) in [5.74, 6) is -4.07. The van der Waals surface area contributed by atoms with Gasteiger partial charge in [-0.3, -0.25) is 9.98 Å². The van der Waals surface area contributed by atoms with Crippen molar-refractivity contribution < 1.29 is 113 Å². The van der Waals surface area contributed by atoms with Crippen LogP contribution in [0.4, 0.5) is 26.3 Å². The summed E-state index contributed by atoms with van der Waals surface area (Å²) in [5.41, 5.74) is 2.40. The lowest BCUT2D eigenvalue weighted by Gasteiger charge is -2.56. The van der Waals surface area contributed by atoms with Gasteiger partial charge in [-0.2, -0.15) is 0 Å². The van der Waals surface area contributed by atoms with Crippen LogP contribution in [0.2, 0.25) is 0 Å². The van der Waals surface area contributed by atoms with Crippen LogP contribution in [-0.4, -0.2) is 191 Å². The Morgan fingerprint density at radius 2 is 0.801 bits per heavy atom. The van der Waals surface area contributed by atoms with Crippen LogP contribution in [-0.2, 0) is 95.8 Å². The number of aliphatic imine (C=N–C) groups is 2. The maximum absolute atomic E-state index is 15.2. The quantitative estimate of drug-likeness (QED) is 0.0590. The zero-order chi connectivity index (χ0) is 100. The predicted molar refractivity (Wildman–Crippen MR) is 518 cm³/mol. The number of aromatic hydroxyl groups is 1. The van der Waals surface area contributed by atoms with Crippen LogP contribution in [0.5, 0.6) is 17.4 Å². The number of nitrogens with zero attached hydrogens (tertiary/aromatic N) is 3. The molecule has 7 saturated heterocycles. The number of phenols is 1. The van der Waals surface area contributed by atoms with Gasteiger partial charge in [-0.1, -0.05) is 86.9 Å². The number of hydrogen-bond acceptors (Lipinski definition) is 28. The first-order chi connectivity index (χ1) is 60.7. The number of hydrogen-bond donors (Lipinski definition) is 8. The average Bonchev–Trinajstić information content (AvgIpc) is 0.697. The first-order valence-corrected chi connectivity index (χ1v) is 51.1. The Labute approximate surface area is 803 Å². The highest BCUT2D eigenvalue weighted by molar-refractivity contribution is 9.10. The second-order valence-corrected chi connectivity index (χ2v) is 55.1. The Kier molecular flexibility index (Phi) is 32.4. The van der Waals surface area contributed by atoms with E-state index in [4.69, 9.17) is 45.1 Å². The van der Waals surface area contributed by atoms with Gasteiger partial charge >= 0.3 is 0 Å². The van der Waals surface area contributed by atoms with Crippen molar-refractivity contribution >= 4 is 76.8 Å². The smallest absolute Gasteiger partial charge is 0.255 e. The fraction of sp³-hybridized carbons (Fsp3) is 0.547. The molecule has 5 aromatic carbocycles. The van der Waals surface area contributed by atoms with E-state index in [0.29, 0.717) is 10.2 Å². The molecule has 0 bridgehead atoms. The van der Waals surface area contributed by atoms with E-state index in [9.17, 15) is 79.4 Å². The van der Waals surface area contributed by atoms with Crippen LogP contribution in [0, 0.1) is 44.8 Å². The van der Waals surface area contributed by atoms with Gasteiger partial charge in [0.2, 0.25) is 0 Å². The van der Waals surface area contributed by atoms with Crippen molar-refractivity contribution in [3.63, 3.8) is 0 Å². The first kappa shape index (κ1) is 115. The SMILES string of the molecule is C.C.C=C1N[C@@]2(c3cc(Br)ccc3F)COC(C)(C)C[C@H]2S(=O)(=O)C1(C)C.C=C1N[C@@]2(c3cc(O)ccc3F)COC(C)(C)C[C@H]2S(=O)(=O)C1(C)C.C=C1N[C@](CO)(c2ccccc2F)[C@@H](CC(C)(C)O)S(=O)(=O)C1(C)C.CC1(C)C[C@@H]2[C@](c3cc(Oc4ncccc4F)ccc3F)(CO1)N=C(N)C(C)(C)S2(=O)=O.CC1(C)C[C@@H]2[C@](c3ccccc3F)(CO1)N=C(N)C(C)(C)S2(=O)=O.O.O=O. The molecule has 6 aromatic rings. The third kappa shape index (κ3) is 19.8. The van der Waals surface area contributed by atoms with Crippen LogP contribution >= 0.6 is 15.9 Å². The maximum atomic E-state index is 15.2. The molecule has 136 heavy (non-hydrogen) atoms. The molecule has 0 saturated carbocycles. The van der Waals surface area contributed by atoms with Crippen molar-refractivity contribution in [1.29, 1.82) is 0 Å². The second-order valence-electron chi connectivity index (χ2n) is 40.8. The number of pyridine rings is 1. The minimum Gasteiger partial charge on any atom is -0.508 e. The lowest BCUT2D eigenvalue weighted by atomic mass is 9.78. The monoisotopic (exact) mass is 2070 g/mol. The number of ether oxygens (including phenoxy) is 5. The number of halogens is 7.